The van der Waals surface area contributed by atoms with Crippen LogP contribution in [0.15, 0.2) is 24.3 Å². The number of piperidine rings is 2. The van der Waals surface area contributed by atoms with Crippen LogP contribution in [0.1, 0.15) is 44.1 Å². The number of amides is 1. The highest BCUT2D eigenvalue weighted by molar-refractivity contribution is 5.85. The van der Waals surface area contributed by atoms with Gasteiger partial charge in [0, 0.05) is 31.2 Å². The fraction of sp³-hybridized carbons (Fsp3) is 0.650. The first-order chi connectivity index (χ1) is 11.7. The molecule has 0 radical (unpaired) electrons. The minimum atomic E-state index is 0. The Kier molecular flexibility index (Phi) is 10.4. The summed E-state index contributed by atoms with van der Waals surface area (Å²) >= 11 is 0. The van der Waals surface area contributed by atoms with E-state index in [1.54, 1.807) is 0 Å². The third-order valence-electron chi connectivity index (χ3n) is 5.46. The topological polar surface area (TPSA) is 44.4 Å². The number of aryl methyl sites for hydroxylation is 1. The number of hydrogen-bond acceptors (Lipinski definition) is 3. The Labute approximate surface area is 170 Å². The number of nitrogens with zero attached hydrogens (tertiary/aromatic N) is 1. The van der Waals surface area contributed by atoms with Gasteiger partial charge in [0.05, 0.1) is 0 Å². The first-order valence-electron chi connectivity index (χ1n) is 9.52. The molecule has 0 aromatic heterocycles. The van der Waals surface area contributed by atoms with Crippen molar-refractivity contribution in [3.05, 3.63) is 29.8 Å². The molecule has 6 heteroatoms. The van der Waals surface area contributed by atoms with Crippen LogP contribution in [0.3, 0.4) is 0 Å². The van der Waals surface area contributed by atoms with E-state index in [0.29, 0.717) is 11.9 Å². The number of anilines is 1. The average molecular weight is 402 g/mol. The standard InChI is InChI=1S/C20H31N3O.2ClH/c1-16-3-2-4-19(15-16)22-18-9-13-23(14-10-18)20(24)6-5-17-7-11-21-12-8-17;;/h2-4,15,17-18,21-22H,5-14H2,1H3;2*1H. The van der Waals surface area contributed by atoms with Gasteiger partial charge >= 0.3 is 0 Å². The zero-order valence-corrected chi connectivity index (χ0v) is 17.3. The van der Waals surface area contributed by atoms with Crippen LogP contribution in [-0.2, 0) is 4.79 Å². The monoisotopic (exact) mass is 401 g/mol. The number of hydrogen-bond donors (Lipinski definition) is 2. The average Bonchev–Trinajstić information content (AvgIpc) is 2.61. The fourth-order valence-corrected chi connectivity index (χ4v) is 3.90. The predicted molar refractivity (Wildman–Crippen MR) is 114 cm³/mol. The van der Waals surface area contributed by atoms with E-state index in [1.165, 1.54) is 24.1 Å². The number of rotatable bonds is 5. The maximum absolute atomic E-state index is 12.4. The lowest BCUT2D eigenvalue weighted by Crippen LogP contribution is -2.42. The molecule has 2 aliphatic rings. The van der Waals surface area contributed by atoms with Gasteiger partial charge in [-0.1, -0.05) is 12.1 Å². The summed E-state index contributed by atoms with van der Waals surface area (Å²) in [7, 11) is 0. The molecule has 3 rings (SSSR count). The second-order valence-electron chi connectivity index (χ2n) is 7.40. The van der Waals surface area contributed by atoms with Gasteiger partial charge in [0.1, 0.15) is 0 Å². The third-order valence-corrected chi connectivity index (χ3v) is 5.46. The Morgan fingerprint density at radius 2 is 1.85 bits per heavy atom. The molecule has 1 aromatic carbocycles. The molecule has 0 atom stereocenters. The predicted octanol–water partition coefficient (Wildman–Crippen LogP) is 4.02. The van der Waals surface area contributed by atoms with Crippen LogP contribution in [0.5, 0.6) is 0 Å². The molecule has 1 aromatic rings. The quantitative estimate of drug-likeness (QED) is 0.782. The molecule has 2 aliphatic heterocycles. The minimum Gasteiger partial charge on any atom is -0.382 e. The summed E-state index contributed by atoms with van der Waals surface area (Å²) in [4.78, 5) is 14.5. The van der Waals surface area contributed by atoms with Gasteiger partial charge in [0.15, 0.2) is 0 Å². The SMILES string of the molecule is Cc1cccc(NC2CCN(C(=O)CCC3CCNCC3)CC2)c1.Cl.Cl. The number of benzene rings is 1. The van der Waals surface area contributed by atoms with E-state index in [0.717, 1.165) is 57.8 Å². The van der Waals surface area contributed by atoms with E-state index >= 15 is 0 Å². The van der Waals surface area contributed by atoms with Crippen molar-refractivity contribution < 1.29 is 4.79 Å². The molecule has 2 heterocycles. The molecule has 1 amide bonds. The van der Waals surface area contributed by atoms with Gasteiger partial charge in [-0.3, -0.25) is 4.79 Å². The van der Waals surface area contributed by atoms with Gasteiger partial charge in [-0.25, -0.2) is 0 Å². The highest BCUT2D eigenvalue weighted by Gasteiger charge is 2.23. The molecule has 0 bridgehead atoms. The highest BCUT2D eigenvalue weighted by atomic mass is 35.5. The molecule has 148 valence electrons. The molecule has 0 unspecified atom stereocenters. The molecule has 0 spiro atoms. The largest absolute Gasteiger partial charge is 0.382 e. The number of likely N-dealkylation sites (tertiary alicyclic amines) is 1. The van der Waals surface area contributed by atoms with Crippen molar-refractivity contribution in [1.29, 1.82) is 0 Å². The summed E-state index contributed by atoms with van der Waals surface area (Å²) < 4.78 is 0. The summed E-state index contributed by atoms with van der Waals surface area (Å²) in [5.41, 5.74) is 2.48. The van der Waals surface area contributed by atoms with Crippen molar-refractivity contribution in [2.24, 2.45) is 5.92 Å². The van der Waals surface area contributed by atoms with Crippen molar-refractivity contribution in [3.8, 4) is 0 Å². The molecule has 2 N–H and O–H groups in total. The maximum atomic E-state index is 12.4. The van der Waals surface area contributed by atoms with Crippen molar-refractivity contribution in [1.82, 2.24) is 10.2 Å². The summed E-state index contributed by atoms with van der Waals surface area (Å²) in [5.74, 6) is 1.11. The summed E-state index contributed by atoms with van der Waals surface area (Å²) in [6.45, 7) is 6.15. The highest BCUT2D eigenvalue weighted by Crippen LogP contribution is 2.21. The van der Waals surface area contributed by atoms with Gasteiger partial charge in [0.25, 0.3) is 0 Å². The summed E-state index contributed by atoms with van der Waals surface area (Å²) in [6, 6.07) is 9.02. The van der Waals surface area contributed by atoms with Gasteiger partial charge in [-0.05, 0) is 75.7 Å². The van der Waals surface area contributed by atoms with Crippen LogP contribution in [-0.4, -0.2) is 43.0 Å². The van der Waals surface area contributed by atoms with E-state index in [9.17, 15) is 4.79 Å². The van der Waals surface area contributed by atoms with Crippen LogP contribution in [0.2, 0.25) is 0 Å². The van der Waals surface area contributed by atoms with E-state index in [2.05, 4.69) is 46.7 Å². The Hall–Kier alpha value is -0.970. The molecular weight excluding hydrogens is 369 g/mol. The normalized spacial score (nSPS) is 18.6. The third kappa shape index (κ3) is 6.98. The van der Waals surface area contributed by atoms with Gasteiger partial charge in [0.2, 0.25) is 5.91 Å². The number of nitrogens with one attached hydrogen (secondary N) is 2. The van der Waals surface area contributed by atoms with Crippen LogP contribution in [0, 0.1) is 12.8 Å². The Balaban J connectivity index is 0.00000169. The van der Waals surface area contributed by atoms with Gasteiger partial charge in [-0.15, -0.1) is 24.8 Å². The molecule has 0 saturated carbocycles. The van der Waals surface area contributed by atoms with E-state index in [-0.39, 0.29) is 24.8 Å². The lowest BCUT2D eigenvalue weighted by molar-refractivity contribution is -0.132. The first kappa shape index (κ1) is 23.1. The van der Waals surface area contributed by atoms with E-state index in [4.69, 9.17) is 0 Å². The number of halogens is 2. The molecular formula is C20H33Cl2N3O. The molecule has 2 fully saturated rings. The Morgan fingerprint density at radius 1 is 1.15 bits per heavy atom. The molecule has 0 aliphatic carbocycles. The van der Waals surface area contributed by atoms with Crippen LogP contribution < -0.4 is 10.6 Å². The van der Waals surface area contributed by atoms with Crippen LogP contribution >= 0.6 is 24.8 Å². The van der Waals surface area contributed by atoms with Crippen LogP contribution in [0.25, 0.3) is 0 Å². The Bertz CT molecular complexity index is 542. The zero-order valence-electron chi connectivity index (χ0n) is 15.7. The van der Waals surface area contributed by atoms with Crippen molar-refractivity contribution >= 4 is 36.4 Å². The molecule has 4 nitrogen and oxygen atoms in total. The van der Waals surface area contributed by atoms with Crippen molar-refractivity contribution in [3.63, 3.8) is 0 Å². The molecule has 26 heavy (non-hydrogen) atoms. The fourth-order valence-electron chi connectivity index (χ4n) is 3.90. The number of carbonyl (C=O) groups excluding carboxylic acids is 1. The van der Waals surface area contributed by atoms with Crippen molar-refractivity contribution in [2.75, 3.05) is 31.5 Å². The smallest absolute Gasteiger partial charge is 0.222 e. The second kappa shape index (κ2) is 11.7. The van der Waals surface area contributed by atoms with Gasteiger partial charge < -0.3 is 15.5 Å². The lowest BCUT2D eigenvalue weighted by Gasteiger charge is -2.33. The van der Waals surface area contributed by atoms with E-state index < -0.39 is 0 Å². The maximum Gasteiger partial charge on any atom is 0.222 e. The zero-order chi connectivity index (χ0) is 16.8. The summed E-state index contributed by atoms with van der Waals surface area (Å²) in [6.07, 6.45) is 6.37. The second-order valence-corrected chi connectivity index (χ2v) is 7.40. The minimum absolute atomic E-state index is 0. The Morgan fingerprint density at radius 3 is 2.50 bits per heavy atom. The lowest BCUT2D eigenvalue weighted by atomic mass is 9.93. The van der Waals surface area contributed by atoms with E-state index in [1.807, 2.05) is 0 Å². The number of carbonyl (C=O) groups is 1. The van der Waals surface area contributed by atoms with Crippen molar-refractivity contribution in [2.45, 2.75) is 51.5 Å². The van der Waals surface area contributed by atoms with Crippen LogP contribution in [0.4, 0.5) is 5.69 Å². The first-order valence-corrected chi connectivity index (χ1v) is 9.52. The molecule has 2 saturated heterocycles. The summed E-state index contributed by atoms with van der Waals surface area (Å²) in [5, 5.41) is 7.01. The van der Waals surface area contributed by atoms with Gasteiger partial charge in [-0.2, -0.15) is 0 Å².